The third kappa shape index (κ3) is 4.33. The first kappa shape index (κ1) is 17.2. The van der Waals surface area contributed by atoms with Crippen molar-refractivity contribution >= 4 is 27.3 Å². The van der Waals surface area contributed by atoms with E-state index in [1.165, 1.54) is 0 Å². The fourth-order valence-electron chi connectivity index (χ4n) is 2.63. The molecular formula is C22H15BrN4. The molecular weight excluding hydrogens is 400 g/mol. The van der Waals surface area contributed by atoms with Gasteiger partial charge in [-0.1, -0.05) is 46.3 Å². The summed E-state index contributed by atoms with van der Waals surface area (Å²) in [6, 6.07) is 25.6. The van der Waals surface area contributed by atoms with Crippen LogP contribution in [0.4, 0.5) is 11.4 Å². The molecule has 0 amide bonds. The van der Waals surface area contributed by atoms with Crippen LogP contribution in [0.1, 0.15) is 0 Å². The summed E-state index contributed by atoms with van der Waals surface area (Å²) < 4.78 is 0.979. The van der Waals surface area contributed by atoms with Crippen molar-refractivity contribution in [3.05, 3.63) is 95.7 Å². The molecule has 2 aromatic carbocycles. The van der Waals surface area contributed by atoms with Crippen LogP contribution in [0.15, 0.2) is 106 Å². The summed E-state index contributed by atoms with van der Waals surface area (Å²) in [5.41, 5.74) is 5.48. The van der Waals surface area contributed by atoms with Crippen LogP contribution in [0.3, 0.4) is 0 Å². The Kier molecular flexibility index (Phi) is 5.12. The second kappa shape index (κ2) is 8.01. The molecule has 2 aromatic heterocycles. The molecule has 0 N–H and O–H groups in total. The largest absolute Gasteiger partial charge is 0.255 e. The minimum absolute atomic E-state index is 0.811. The first-order chi connectivity index (χ1) is 13.3. The van der Waals surface area contributed by atoms with Gasteiger partial charge in [-0.15, -0.1) is 0 Å². The molecule has 0 aliphatic rings. The average Bonchev–Trinajstić information content (AvgIpc) is 2.73. The summed E-state index contributed by atoms with van der Waals surface area (Å²) in [4.78, 5) is 8.83. The van der Waals surface area contributed by atoms with Crippen molar-refractivity contribution in [1.82, 2.24) is 9.97 Å². The van der Waals surface area contributed by atoms with E-state index in [9.17, 15) is 0 Å². The van der Waals surface area contributed by atoms with Crippen LogP contribution >= 0.6 is 15.9 Å². The van der Waals surface area contributed by atoms with Gasteiger partial charge in [-0.25, -0.2) is 0 Å². The van der Waals surface area contributed by atoms with E-state index in [0.717, 1.165) is 38.4 Å². The van der Waals surface area contributed by atoms with Gasteiger partial charge < -0.3 is 0 Å². The van der Waals surface area contributed by atoms with E-state index >= 15 is 0 Å². The number of rotatable bonds is 4. The van der Waals surface area contributed by atoms with Crippen LogP contribution < -0.4 is 0 Å². The van der Waals surface area contributed by atoms with E-state index in [1.807, 2.05) is 78.9 Å². The van der Waals surface area contributed by atoms with Crippen molar-refractivity contribution in [3.8, 4) is 22.5 Å². The molecule has 130 valence electrons. The second-order valence-corrected chi connectivity index (χ2v) is 6.79. The zero-order chi connectivity index (χ0) is 18.5. The molecule has 0 atom stereocenters. The number of azo groups is 1. The molecule has 2 heterocycles. The van der Waals surface area contributed by atoms with E-state index < -0.39 is 0 Å². The zero-order valence-corrected chi connectivity index (χ0v) is 15.9. The van der Waals surface area contributed by atoms with Crippen LogP contribution in [0.2, 0.25) is 0 Å². The second-order valence-electron chi connectivity index (χ2n) is 5.87. The number of nitrogens with zero attached hydrogens (tertiary/aromatic N) is 4. The van der Waals surface area contributed by atoms with Gasteiger partial charge in [-0.2, -0.15) is 10.2 Å². The summed E-state index contributed by atoms with van der Waals surface area (Å²) in [6.07, 6.45) is 3.57. The van der Waals surface area contributed by atoms with Crippen molar-refractivity contribution < 1.29 is 0 Å². The van der Waals surface area contributed by atoms with Gasteiger partial charge in [0.1, 0.15) is 0 Å². The monoisotopic (exact) mass is 414 g/mol. The molecule has 0 aliphatic carbocycles. The maximum atomic E-state index is 4.44. The average molecular weight is 415 g/mol. The normalized spacial score (nSPS) is 11.0. The fraction of sp³-hybridized carbons (Fsp3) is 0. The Balaban J connectivity index is 1.57. The molecule has 5 heteroatoms. The predicted octanol–water partition coefficient (Wildman–Crippen LogP) is 6.99. The van der Waals surface area contributed by atoms with Gasteiger partial charge in [0.25, 0.3) is 0 Å². The van der Waals surface area contributed by atoms with Gasteiger partial charge in [0.15, 0.2) is 0 Å². The number of halogens is 1. The maximum Gasteiger partial charge on any atom is 0.0897 e. The lowest BCUT2D eigenvalue weighted by atomic mass is 10.0. The Morgan fingerprint density at radius 2 is 1.22 bits per heavy atom. The van der Waals surface area contributed by atoms with Gasteiger partial charge in [-0.3, -0.25) is 9.97 Å². The van der Waals surface area contributed by atoms with Crippen molar-refractivity contribution in [2.24, 2.45) is 10.2 Å². The predicted molar refractivity (Wildman–Crippen MR) is 111 cm³/mol. The molecule has 0 saturated heterocycles. The van der Waals surface area contributed by atoms with Crippen LogP contribution in [0.5, 0.6) is 0 Å². The topological polar surface area (TPSA) is 50.5 Å². The standard InChI is InChI=1S/C22H15BrN4/c23-18-11-13-25-22(15-18)21-14-17(10-12-24-21)16-6-8-20(9-7-16)27-26-19-4-2-1-3-5-19/h1-15H. The Morgan fingerprint density at radius 3 is 1.93 bits per heavy atom. The summed E-state index contributed by atoms with van der Waals surface area (Å²) >= 11 is 3.48. The van der Waals surface area contributed by atoms with Crippen molar-refractivity contribution in [2.75, 3.05) is 0 Å². The lowest BCUT2D eigenvalue weighted by Gasteiger charge is -2.05. The van der Waals surface area contributed by atoms with Gasteiger partial charge in [-0.05, 0) is 59.7 Å². The molecule has 4 aromatic rings. The Hall–Kier alpha value is -3.18. The van der Waals surface area contributed by atoms with Gasteiger partial charge in [0.2, 0.25) is 0 Å². The molecule has 0 aliphatic heterocycles. The molecule has 4 nitrogen and oxygen atoms in total. The molecule has 0 unspecified atom stereocenters. The summed E-state index contributed by atoms with van der Waals surface area (Å²) in [5.74, 6) is 0. The fourth-order valence-corrected chi connectivity index (χ4v) is 2.96. The third-order valence-electron chi connectivity index (χ3n) is 3.98. The Bertz CT molecular complexity index is 1080. The number of pyridine rings is 2. The molecule has 0 radical (unpaired) electrons. The first-order valence-corrected chi connectivity index (χ1v) is 9.22. The summed E-state index contributed by atoms with van der Waals surface area (Å²) in [7, 11) is 0. The number of benzene rings is 2. The van der Waals surface area contributed by atoms with Crippen molar-refractivity contribution in [1.29, 1.82) is 0 Å². The summed E-state index contributed by atoms with van der Waals surface area (Å²) in [5, 5.41) is 8.53. The van der Waals surface area contributed by atoms with Crippen molar-refractivity contribution in [2.45, 2.75) is 0 Å². The molecule has 0 bridgehead atoms. The van der Waals surface area contributed by atoms with Gasteiger partial charge in [0.05, 0.1) is 22.8 Å². The Morgan fingerprint density at radius 1 is 0.593 bits per heavy atom. The highest BCUT2D eigenvalue weighted by Gasteiger charge is 2.05. The highest BCUT2D eigenvalue weighted by molar-refractivity contribution is 9.10. The van der Waals surface area contributed by atoms with Crippen molar-refractivity contribution in [3.63, 3.8) is 0 Å². The lowest BCUT2D eigenvalue weighted by Crippen LogP contribution is -1.88. The molecule has 0 saturated carbocycles. The highest BCUT2D eigenvalue weighted by atomic mass is 79.9. The first-order valence-electron chi connectivity index (χ1n) is 8.43. The van der Waals surface area contributed by atoms with Crippen LogP contribution in [0, 0.1) is 0 Å². The van der Waals surface area contributed by atoms with Gasteiger partial charge >= 0.3 is 0 Å². The number of aromatic nitrogens is 2. The lowest BCUT2D eigenvalue weighted by molar-refractivity contribution is 1.23. The molecule has 0 spiro atoms. The van der Waals surface area contributed by atoms with E-state index in [0.29, 0.717) is 0 Å². The van der Waals surface area contributed by atoms with Crippen LogP contribution in [-0.4, -0.2) is 9.97 Å². The third-order valence-corrected chi connectivity index (χ3v) is 4.48. The number of hydrogen-bond donors (Lipinski definition) is 0. The maximum absolute atomic E-state index is 4.44. The van der Waals surface area contributed by atoms with E-state index in [2.05, 4.69) is 36.1 Å². The highest BCUT2D eigenvalue weighted by Crippen LogP contribution is 2.27. The van der Waals surface area contributed by atoms with E-state index in [4.69, 9.17) is 0 Å². The molecule has 27 heavy (non-hydrogen) atoms. The smallest absolute Gasteiger partial charge is 0.0897 e. The minimum atomic E-state index is 0.811. The SMILES string of the molecule is Brc1ccnc(-c2cc(-c3ccc(N=Nc4ccccc4)cc3)ccn2)c1. The quantitative estimate of drug-likeness (QED) is 0.337. The van der Waals surface area contributed by atoms with Crippen LogP contribution in [0.25, 0.3) is 22.5 Å². The molecule has 0 fully saturated rings. The van der Waals surface area contributed by atoms with Gasteiger partial charge in [0, 0.05) is 16.9 Å². The Labute approximate surface area is 165 Å². The molecule has 4 rings (SSSR count). The summed E-state index contributed by atoms with van der Waals surface area (Å²) in [6.45, 7) is 0. The van der Waals surface area contributed by atoms with Crippen LogP contribution in [-0.2, 0) is 0 Å². The minimum Gasteiger partial charge on any atom is -0.255 e. The van der Waals surface area contributed by atoms with E-state index in [1.54, 1.807) is 12.4 Å². The zero-order valence-electron chi connectivity index (χ0n) is 14.3. The van der Waals surface area contributed by atoms with E-state index in [-0.39, 0.29) is 0 Å². The number of hydrogen-bond acceptors (Lipinski definition) is 4.